The number of carbonyl (C=O) groups is 4. The van der Waals surface area contributed by atoms with E-state index in [1.165, 1.54) is 6.92 Å². The number of carboxylic acids is 1. The van der Waals surface area contributed by atoms with Crippen molar-refractivity contribution in [1.82, 2.24) is 20.9 Å². The molecule has 4 atom stereocenters. The van der Waals surface area contributed by atoms with Gasteiger partial charge >= 0.3 is 5.97 Å². The molecule has 1 heterocycles. The number of nitrogens with one attached hydrogen (secondary N) is 4. The molecule has 13 nitrogen and oxygen atoms in total. The number of nitrogens with zero attached hydrogens (tertiary/aromatic N) is 1. The average molecular weight is 531 g/mol. The second kappa shape index (κ2) is 14.0. The van der Waals surface area contributed by atoms with E-state index in [2.05, 4.69) is 25.9 Å². The highest BCUT2D eigenvalue weighted by molar-refractivity contribution is 5.94. The average Bonchev–Trinajstić information content (AvgIpc) is 3.25. The number of rotatable bonds is 14. The summed E-state index contributed by atoms with van der Waals surface area (Å²) in [5.41, 5.74) is 17.9. The number of hydrogen-bond acceptors (Lipinski definition) is 6. The van der Waals surface area contributed by atoms with E-state index >= 15 is 0 Å². The van der Waals surface area contributed by atoms with Crippen LogP contribution in [0.1, 0.15) is 39.2 Å². The lowest BCUT2D eigenvalue weighted by atomic mass is 10.00. The van der Waals surface area contributed by atoms with E-state index in [0.29, 0.717) is 6.42 Å². The zero-order valence-corrected chi connectivity index (χ0v) is 21.9. The van der Waals surface area contributed by atoms with Crippen molar-refractivity contribution in [3.8, 4) is 0 Å². The van der Waals surface area contributed by atoms with Gasteiger partial charge < -0.3 is 43.2 Å². The van der Waals surface area contributed by atoms with Gasteiger partial charge in [0.1, 0.15) is 18.1 Å². The number of H-pyrrole nitrogens is 1. The Balaban J connectivity index is 2.14. The third kappa shape index (κ3) is 8.76. The summed E-state index contributed by atoms with van der Waals surface area (Å²) in [6, 6.07) is 3.30. The van der Waals surface area contributed by atoms with Gasteiger partial charge in [-0.1, -0.05) is 32.0 Å². The molecule has 0 radical (unpaired) electrons. The van der Waals surface area contributed by atoms with E-state index in [9.17, 15) is 24.3 Å². The summed E-state index contributed by atoms with van der Waals surface area (Å²) >= 11 is 0. The summed E-state index contributed by atoms with van der Waals surface area (Å²) in [4.78, 5) is 57.4. The normalized spacial score (nSPS) is 14.2. The number of aliphatic carboxylic acids is 1. The van der Waals surface area contributed by atoms with Crippen LogP contribution in [0.2, 0.25) is 0 Å². The van der Waals surface area contributed by atoms with E-state index < -0.39 is 47.9 Å². The number of aliphatic imine (C=N–C) groups is 1. The van der Waals surface area contributed by atoms with Crippen LogP contribution in [0.15, 0.2) is 35.5 Å². The Morgan fingerprint density at radius 3 is 2.24 bits per heavy atom. The molecule has 38 heavy (non-hydrogen) atoms. The number of nitrogens with two attached hydrogens (primary N) is 3. The van der Waals surface area contributed by atoms with Gasteiger partial charge in [-0.15, -0.1) is 0 Å². The Morgan fingerprint density at radius 2 is 1.63 bits per heavy atom. The molecule has 0 aliphatic rings. The van der Waals surface area contributed by atoms with Crippen LogP contribution in [0.4, 0.5) is 0 Å². The Labute approximate surface area is 221 Å². The van der Waals surface area contributed by atoms with Crippen molar-refractivity contribution in [1.29, 1.82) is 0 Å². The number of hydrogen-bond donors (Lipinski definition) is 8. The fourth-order valence-electron chi connectivity index (χ4n) is 3.85. The fraction of sp³-hybridized carbons (Fsp3) is 0.480. The number of amides is 3. The lowest BCUT2D eigenvalue weighted by molar-refractivity contribution is -0.142. The fourth-order valence-corrected chi connectivity index (χ4v) is 3.85. The summed E-state index contributed by atoms with van der Waals surface area (Å²) in [6.07, 6.45) is 2.31. The molecule has 3 amide bonds. The molecule has 1 aromatic carbocycles. The molecule has 0 fully saturated rings. The molecule has 0 spiro atoms. The molecule has 208 valence electrons. The first kappa shape index (κ1) is 30.1. The maximum absolute atomic E-state index is 13.2. The molecular weight excluding hydrogens is 492 g/mol. The molecule has 13 heteroatoms. The third-order valence-electron chi connectivity index (χ3n) is 5.95. The van der Waals surface area contributed by atoms with Gasteiger partial charge in [0.25, 0.3) is 0 Å². The van der Waals surface area contributed by atoms with Crippen molar-refractivity contribution in [2.24, 2.45) is 28.1 Å². The highest BCUT2D eigenvalue weighted by atomic mass is 16.4. The molecular formula is C25H38N8O5. The summed E-state index contributed by atoms with van der Waals surface area (Å²) in [7, 11) is 0. The summed E-state index contributed by atoms with van der Waals surface area (Å²) in [6.45, 7) is 5.15. The van der Waals surface area contributed by atoms with Gasteiger partial charge in [-0.2, -0.15) is 0 Å². The largest absolute Gasteiger partial charge is 0.480 e. The van der Waals surface area contributed by atoms with Crippen LogP contribution >= 0.6 is 0 Å². The third-order valence-corrected chi connectivity index (χ3v) is 5.95. The van der Waals surface area contributed by atoms with Crippen molar-refractivity contribution in [2.75, 3.05) is 6.54 Å². The monoisotopic (exact) mass is 530 g/mol. The van der Waals surface area contributed by atoms with E-state index in [1.807, 2.05) is 24.3 Å². The number of fused-ring (bicyclic) bond motifs is 1. The van der Waals surface area contributed by atoms with E-state index in [-0.39, 0.29) is 31.3 Å². The number of aromatic nitrogens is 1. The zero-order chi connectivity index (χ0) is 28.4. The predicted octanol–water partition coefficient (Wildman–Crippen LogP) is -0.694. The van der Waals surface area contributed by atoms with Crippen LogP contribution in [0, 0.1) is 5.92 Å². The molecule has 0 saturated carbocycles. The van der Waals surface area contributed by atoms with E-state index in [1.54, 1.807) is 20.0 Å². The molecule has 0 saturated heterocycles. The smallest absolute Gasteiger partial charge is 0.326 e. The topological polar surface area (TPSA) is 231 Å². The first-order valence-electron chi connectivity index (χ1n) is 12.4. The van der Waals surface area contributed by atoms with Crippen molar-refractivity contribution in [2.45, 2.75) is 64.2 Å². The number of carboxylic acid groups (broad SMARTS) is 1. The predicted molar refractivity (Wildman–Crippen MR) is 144 cm³/mol. The Hall–Kier alpha value is -4.13. The van der Waals surface area contributed by atoms with Crippen LogP contribution < -0.4 is 33.2 Å². The molecule has 1 aromatic heterocycles. The van der Waals surface area contributed by atoms with Crippen molar-refractivity contribution < 1.29 is 24.3 Å². The SMILES string of the molecule is CC(N)C(=O)NC(CCCN=C(N)N)C(=O)NC(C(=O)NC(Cc1c[nH]c2ccccc12)C(=O)O)C(C)C. The van der Waals surface area contributed by atoms with Crippen LogP contribution in [0.3, 0.4) is 0 Å². The van der Waals surface area contributed by atoms with Gasteiger partial charge in [-0.3, -0.25) is 19.4 Å². The van der Waals surface area contributed by atoms with Gasteiger partial charge in [0.15, 0.2) is 5.96 Å². The Bertz CT molecular complexity index is 1160. The van der Waals surface area contributed by atoms with E-state index in [4.69, 9.17) is 17.2 Å². The Morgan fingerprint density at radius 1 is 0.974 bits per heavy atom. The summed E-state index contributed by atoms with van der Waals surface area (Å²) in [5, 5.41) is 18.4. The molecule has 11 N–H and O–H groups in total. The lowest BCUT2D eigenvalue weighted by Crippen LogP contribution is -2.58. The first-order chi connectivity index (χ1) is 17.9. The minimum Gasteiger partial charge on any atom is -0.480 e. The van der Waals surface area contributed by atoms with Crippen molar-refractivity contribution in [3.63, 3.8) is 0 Å². The van der Waals surface area contributed by atoms with Crippen LogP contribution in [0.5, 0.6) is 0 Å². The highest BCUT2D eigenvalue weighted by Gasteiger charge is 2.31. The maximum atomic E-state index is 13.2. The lowest BCUT2D eigenvalue weighted by Gasteiger charge is -2.27. The first-order valence-corrected chi connectivity index (χ1v) is 12.4. The number of para-hydroxylation sites is 1. The summed E-state index contributed by atoms with van der Waals surface area (Å²) < 4.78 is 0. The maximum Gasteiger partial charge on any atom is 0.326 e. The minimum atomic E-state index is -1.23. The highest BCUT2D eigenvalue weighted by Crippen LogP contribution is 2.19. The van der Waals surface area contributed by atoms with Gasteiger partial charge in [-0.25, -0.2) is 4.79 Å². The minimum absolute atomic E-state index is 0.0434. The van der Waals surface area contributed by atoms with Gasteiger partial charge in [-0.05, 0) is 37.3 Å². The van der Waals surface area contributed by atoms with Crippen molar-refractivity contribution in [3.05, 3.63) is 36.0 Å². The molecule has 0 aliphatic carbocycles. The van der Waals surface area contributed by atoms with Crippen LogP contribution in [0.25, 0.3) is 10.9 Å². The molecule has 2 aromatic rings. The summed E-state index contributed by atoms with van der Waals surface area (Å²) in [5.74, 6) is -3.49. The molecule has 2 rings (SSSR count). The molecule has 0 aliphatic heterocycles. The second-order valence-electron chi connectivity index (χ2n) is 9.49. The van der Waals surface area contributed by atoms with E-state index in [0.717, 1.165) is 16.5 Å². The Kier molecular flexibility index (Phi) is 11.1. The quantitative estimate of drug-likeness (QED) is 0.0882. The standard InChI is InChI=1S/C25H38N8O5/c1-13(2)20(33-22(35)18(31-21(34)14(3)26)9-6-10-29-25(27)28)23(36)32-19(24(37)38)11-15-12-30-17-8-5-4-7-16(15)17/h4-5,7-8,12-14,18-20,30H,6,9-11,26H2,1-3H3,(H,31,34)(H,32,36)(H,33,35)(H,37,38)(H4,27,28,29). The zero-order valence-electron chi connectivity index (χ0n) is 21.9. The van der Waals surface area contributed by atoms with Gasteiger partial charge in [0.2, 0.25) is 17.7 Å². The van der Waals surface area contributed by atoms with Crippen LogP contribution in [-0.4, -0.2) is 70.5 Å². The van der Waals surface area contributed by atoms with Crippen LogP contribution in [-0.2, 0) is 25.6 Å². The number of carbonyl (C=O) groups excluding carboxylic acids is 3. The second-order valence-corrected chi connectivity index (χ2v) is 9.49. The number of aromatic amines is 1. The van der Waals surface area contributed by atoms with Crippen molar-refractivity contribution >= 4 is 40.6 Å². The molecule has 0 bridgehead atoms. The van der Waals surface area contributed by atoms with Gasteiger partial charge in [0.05, 0.1) is 6.04 Å². The number of benzene rings is 1. The van der Waals surface area contributed by atoms with Gasteiger partial charge in [0, 0.05) is 30.1 Å². The molecule has 4 unspecified atom stereocenters. The number of guanidine groups is 1.